The van der Waals surface area contributed by atoms with Gasteiger partial charge in [-0.05, 0) is 18.0 Å². The average Bonchev–Trinajstić information content (AvgIpc) is 2.43. The van der Waals surface area contributed by atoms with Crippen molar-refractivity contribution in [2.24, 2.45) is 0 Å². The van der Waals surface area contributed by atoms with E-state index in [9.17, 15) is 9.18 Å². The van der Waals surface area contributed by atoms with E-state index in [1.807, 2.05) is 0 Å². The van der Waals surface area contributed by atoms with E-state index in [4.69, 9.17) is 11.6 Å². The summed E-state index contributed by atoms with van der Waals surface area (Å²) < 4.78 is 13.6. The molecule has 7 heteroatoms. The second-order valence-corrected chi connectivity index (χ2v) is 5.00. The van der Waals surface area contributed by atoms with E-state index < -0.39 is 5.82 Å². The van der Waals surface area contributed by atoms with Crippen LogP contribution < -0.4 is 5.32 Å². The molecule has 0 spiro atoms. The van der Waals surface area contributed by atoms with Crippen molar-refractivity contribution < 1.29 is 41.9 Å². The van der Waals surface area contributed by atoms with Crippen molar-refractivity contribution in [3.8, 4) is 0 Å². The summed E-state index contributed by atoms with van der Waals surface area (Å²) in [4.78, 5) is 19.0. The molecule has 0 aliphatic carbocycles. The van der Waals surface area contributed by atoms with E-state index in [0.29, 0.717) is 11.3 Å². The van der Waals surface area contributed by atoms with Gasteiger partial charge in [0.2, 0.25) is 5.28 Å². The molecule has 1 N–H and O–H groups in total. The summed E-state index contributed by atoms with van der Waals surface area (Å²) >= 11 is 5.64. The third kappa shape index (κ3) is 5.31. The molecule has 0 aliphatic rings. The van der Waals surface area contributed by atoms with Gasteiger partial charge in [-0.1, -0.05) is 5.69 Å². The number of hydrogen-bond donors (Lipinski definition) is 1. The van der Waals surface area contributed by atoms with E-state index in [1.54, 1.807) is 32.0 Å². The Labute approximate surface area is 158 Å². The van der Waals surface area contributed by atoms with Crippen LogP contribution in [0.3, 0.4) is 0 Å². The maximum atomic E-state index is 13.6. The summed E-state index contributed by atoms with van der Waals surface area (Å²) in [6, 6.07) is 8.06. The van der Waals surface area contributed by atoms with Gasteiger partial charge in [0.15, 0.2) is 11.6 Å². The summed E-state index contributed by atoms with van der Waals surface area (Å²) in [5.74, 6) is 0.148. The standard InChI is InChI=1S/C15H13ClFN3O.Y/c1-9(2)13(21)7-10-4-3-5-11(6-10)19-14-12(17)8-18-15(16)20-14;/h3,5-6,8H,7H2,1-2H3,(H,18,19,20);/q-2;. The molecule has 0 saturated heterocycles. The van der Waals surface area contributed by atoms with Crippen molar-refractivity contribution >= 4 is 28.9 Å². The predicted octanol–water partition coefficient (Wildman–Crippen LogP) is 3.54. The van der Waals surface area contributed by atoms with Gasteiger partial charge in [0.25, 0.3) is 0 Å². The average molecular weight is 395 g/mol. The van der Waals surface area contributed by atoms with Crippen molar-refractivity contribution in [3.05, 3.63) is 53.0 Å². The van der Waals surface area contributed by atoms with Gasteiger partial charge in [-0.25, -0.2) is 9.37 Å². The monoisotopic (exact) mass is 394 g/mol. The van der Waals surface area contributed by atoms with E-state index in [-0.39, 0.29) is 56.0 Å². The van der Waals surface area contributed by atoms with E-state index in [0.717, 1.165) is 12.1 Å². The number of rotatable bonds is 5. The van der Waals surface area contributed by atoms with Gasteiger partial charge < -0.3 is 16.0 Å². The molecular formula is C15H13ClFN3OY-2. The SMILES string of the molecule is C[C-](C)C(=O)Cc1[c-]ccc(Nc2nc(Cl)ncc2F)c1.[Y]. The first-order chi connectivity index (χ1) is 9.95. The summed E-state index contributed by atoms with van der Waals surface area (Å²) in [5.41, 5.74) is 1.31. The number of nitrogens with one attached hydrogen (secondary N) is 1. The van der Waals surface area contributed by atoms with Crippen molar-refractivity contribution in [1.82, 2.24) is 9.97 Å². The molecule has 2 rings (SSSR count). The molecule has 1 radical (unpaired) electrons. The molecule has 0 atom stereocenters. The fraction of sp³-hybridized carbons (Fsp3) is 0.200. The zero-order valence-electron chi connectivity index (χ0n) is 12.2. The third-order valence-electron chi connectivity index (χ3n) is 2.75. The van der Waals surface area contributed by atoms with Gasteiger partial charge in [-0.3, -0.25) is 0 Å². The van der Waals surface area contributed by atoms with Gasteiger partial charge in [-0.2, -0.15) is 36.5 Å². The van der Waals surface area contributed by atoms with Crippen LogP contribution in [0.4, 0.5) is 15.9 Å². The molecule has 0 amide bonds. The van der Waals surface area contributed by atoms with Gasteiger partial charge in [0.05, 0.1) is 6.20 Å². The van der Waals surface area contributed by atoms with Crippen LogP contribution in [0.1, 0.15) is 19.4 Å². The van der Waals surface area contributed by atoms with Crippen molar-refractivity contribution in [3.63, 3.8) is 0 Å². The molecule has 0 saturated carbocycles. The molecule has 0 fully saturated rings. The maximum Gasteiger partial charge on any atom is 0.224 e. The van der Waals surface area contributed by atoms with Gasteiger partial charge in [0.1, 0.15) is 0 Å². The van der Waals surface area contributed by atoms with Crippen LogP contribution in [0.15, 0.2) is 24.4 Å². The Morgan fingerprint density at radius 1 is 1.50 bits per heavy atom. The fourth-order valence-corrected chi connectivity index (χ4v) is 1.75. The van der Waals surface area contributed by atoms with E-state index in [1.165, 1.54) is 0 Å². The number of anilines is 2. The summed E-state index contributed by atoms with van der Waals surface area (Å²) in [6.07, 6.45) is 1.25. The smallest absolute Gasteiger partial charge is 0.224 e. The van der Waals surface area contributed by atoms with Crippen molar-refractivity contribution in [1.29, 1.82) is 0 Å². The number of carbonyl (C=O) groups is 1. The quantitative estimate of drug-likeness (QED) is 0.622. The molecule has 0 aliphatic heterocycles. The minimum absolute atomic E-state index is 0. The Morgan fingerprint density at radius 2 is 2.23 bits per heavy atom. The number of Topliss-reactive ketones (excluding diaryl/α,β-unsaturated/α-hetero) is 1. The van der Waals surface area contributed by atoms with Crippen LogP contribution in [-0.4, -0.2) is 15.8 Å². The van der Waals surface area contributed by atoms with Gasteiger partial charge >= 0.3 is 0 Å². The number of hydrogen-bond acceptors (Lipinski definition) is 4. The third-order valence-corrected chi connectivity index (χ3v) is 2.93. The second kappa shape index (κ2) is 8.56. The van der Waals surface area contributed by atoms with E-state index in [2.05, 4.69) is 21.4 Å². The maximum absolute atomic E-state index is 13.6. The Kier molecular flexibility index (Phi) is 7.40. The summed E-state index contributed by atoms with van der Waals surface area (Å²) in [5, 5.41) is 2.76. The first kappa shape index (κ1) is 19.0. The second-order valence-electron chi connectivity index (χ2n) is 4.66. The topological polar surface area (TPSA) is 54.9 Å². The Bertz CT molecular complexity index is 667. The molecule has 0 unspecified atom stereocenters. The summed E-state index contributed by atoms with van der Waals surface area (Å²) in [7, 11) is 0. The summed E-state index contributed by atoms with van der Waals surface area (Å²) in [6.45, 7) is 3.53. The molecule has 4 nitrogen and oxygen atoms in total. The van der Waals surface area contributed by atoms with Crippen LogP contribution in [0.2, 0.25) is 5.28 Å². The first-order valence-electron chi connectivity index (χ1n) is 6.24. The van der Waals surface area contributed by atoms with Crippen LogP contribution >= 0.6 is 11.6 Å². The molecule has 2 aromatic rings. The molecule has 22 heavy (non-hydrogen) atoms. The largest absolute Gasteiger partial charge is 0.361 e. The molecule has 1 heterocycles. The van der Waals surface area contributed by atoms with Crippen LogP contribution in [-0.2, 0) is 43.9 Å². The number of nitrogens with zero attached hydrogens (tertiary/aromatic N) is 2. The zero-order valence-corrected chi connectivity index (χ0v) is 15.7. The van der Waals surface area contributed by atoms with Gasteiger partial charge in [-0.15, -0.1) is 12.1 Å². The minimum Gasteiger partial charge on any atom is -0.361 e. The van der Waals surface area contributed by atoms with Crippen LogP contribution in [0.5, 0.6) is 0 Å². The van der Waals surface area contributed by atoms with Crippen LogP contribution in [0, 0.1) is 17.8 Å². The fourth-order valence-electron chi connectivity index (χ4n) is 1.62. The predicted molar refractivity (Wildman–Crippen MR) is 78.9 cm³/mol. The van der Waals surface area contributed by atoms with Crippen LogP contribution in [0.25, 0.3) is 0 Å². The number of ketones is 1. The molecule has 1 aromatic carbocycles. The zero-order chi connectivity index (χ0) is 15.4. The number of benzene rings is 1. The Morgan fingerprint density at radius 3 is 2.91 bits per heavy atom. The Hall–Kier alpha value is -1.04. The number of aromatic nitrogens is 2. The van der Waals surface area contributed by atoms with Gasteiger partial charge in [0, 0.05) is 38.5 Å². The molecule has 113 valence electrons. The van der Waals surface area contributed by atoms with Crippen molar-refractivity contribution in [2.75, 3.05) is 5.32 Å². The van der Waals surface area contributed by atoms with E-state index >= 15 is 0 Å². The molecular weight excluding hydrogens is 382 g/mol. The number of carbonyl (C=O) groups excluding carboxylic acids is 1. The molecule has 1 aromatic heterocycles. The minimum atomic E-state index is -0.609. The number of halogens is 2. The first-order valence-corrected chi connectivity index (χ1v) is 6.62. The van der Waals surface area contributed by atoms with Crippen molar-refractivity contribution in [2.45, 2.75) is 20.3 Å². The normalized spacial score (nSPS) is 9.82. The Balaban J connectivity index is 0.00000242. The molecule has 0 bridgehead atoms.